The fourth-order valence-corrected chi connectivity index (χ4v) is 5.50. The van der Waals surface area contributed by atoms with Gasteiger partial charge in [0.25, 0.3) is 0 Å². The summed E-state index contributed by atoms with van der Waals surface area (Å²) in [6.07, 6.45) is 1.71. The van der Waals surface area contributed by atoms with Crippen LogP contribution in [0.15, 0.2) is 101 Å². The van der Waals surface area contributed by atoms with Crippen LogP contribution in [-0.4, -0.2) is 20.6 Å². The largest absolute Gasteiger partial charge is 0.478 e. The lowest BCUT2D eigenvalue weighted by atomic mass is 10.00. The van der Waals surface area contributed by atoms with E-state index in [0.717, 1.165) is 34.0 Å². The second-order valence-electron chi connectivity index (χ2n) is 8.21. The molecule has 0 fully saturated rings. The topological polar surface area (TPSA) is 83.4 Å². The summed E-state index contributed by atoms with van der Waals surface area (Å²) < 4.78 is 1.92. The van der Waals surface area contributed by atoms with Crippen LogP contribution in [0.4, 0.5) is 5.69 Å². The van der Waals surface area contributed by atoms with Crippen LogP contribution in [0.25, 0.3) is 11.1 Å². The van der Waals surface area contributed by atoms with Crippen molar-refractivity contribution in [2.24, 2.45) is 0 Å². The van der Waals surface area contributed by atoms with E-state index in [4.69, 9.17) is 11.6 Å². The number of anilines is 1. The summed E-state index contributed by atoms with van der Waals surface area (Å²) in [6.45, 7) is 0.734. The molecule has 8 heteroatoms. The lowest BCUT2D eigenvalue weighted by molar-refractivity contribution is -0.139. The maximum absolute atomic E-state index is 12.7. The van der Waals surface area contributed by atoms with Gasteiger partial charge in [0.05, 0.1) is 0 Å². The highest BCUT2D eigenvalue weighted by Gasteiger charge is 2.47. The van der Waals surface area contributed by atoms with Gasteiger partial charge in [-0.25, -0.2) is 4.79 Å². The van der Waals surface area contributed by atoms with Gasteiger partial charge in [0, 0.05) is 30.4 Å². The molecule has 1 unspecified atom stereocenters. The first kappa shape index (κ1) is 23.2. The molecule has 3 aromatic carbocycles. The molecule has 35 heavy (non-hydrogen) atoms. The molecule has 176 valence electrons. The normalized spacial score (nSPS) is 16.5. The monoisotopic (exact) mass is 503 g/mol. The quantitative estimate of drug-likeness (QED) is 0.319. The third-order valence-corrected chi connectivity index (χ3v) is 7.45. The number of benzene rings is 3. The van der Waals surface area contributed by atoms with Gasteiger partial charge in [-0.2, -0.15) is 0 Å². The first-order chi connectivity index (χ1) is 16.9. The summed E-state index contributed by atoms with van der Waals surface area (Å²) >= 11 is 7.16. The molecule has 0 aliphatic carbocycles. The molecule has 5 rings (SSSR count). The number of nitrogens with one attached hydrogen (secondary N) is 2. The molecule has 0 saturated carbocycles. The number of hydrogen-bond donors (Lipinski definition) is 3. The zero-order valence-corrected chi connectivity index (χ0v) is 20.1. The molecule has 3 N–H and O–H groups in total. The van der Waals surface area contributed by atoms with Gasteiger partial charge in [0.1, 0.15) is 10.7 Å². The number of fused-ring (bicyclic) bond motifs is 1. The van der Waals surface area contributed by atoms with Crippen LogP contribution in [0.5, 0.6) is 0 Å². The van der Waals surface area contributed by atoms with Crippen LogP contribution in [0, 0.1) is 0 Å². The van der Waals surface area contributed by atoms with E-state index < -0.39 is 11.0 Å². The van der Waals surface area contributed by atoms with Crippen molar-refractivity contribution < 1.29 is 9.90 Å². The fourth-order valence-electron chi connectivity index (χ4n) is 4.12. The Bertz CT molecular complexity index is 1460. The minimum absolute atomic E-state index is 0.256. The number of aromatic nitrogens is 1. The van der Waals surface area contributed by atoms with E-state index >= 15 is 0 Å². The third-order valence-electron chi connectivity index (χ3n) is 5.85. The molecule has 1 aliphatic rings. The number of aliphatic carboxylic acids is 1. The van der Waals surface area contributed by atoms with Crippen molar-refractivity contribution in [2.75, 3.05) is 5.32 Å². The van der Waals surface area contributed by atoms with E-state index in [1.54, 1.807) is 18.3 Å². The average molecular weight is 504 g/mol. The Hall–Kier alpha value is -3.52. The van der Waals surface area contributed by atoms with Crippen molar-refractivity contribution in [2.45, 2.75) is 23.1 Å². The summed E-state index contributed by atoms with van der Waals surface area (Å²) in [6, 6.07) is 26.8. The number of hydrogen-bond acceptors (Lipinski definition) is 5. The molecular formula is C27H22ClN3O3S. The van der Waals surface area contributed by atoms with Gasteiger partial charge in [-0.05, 0) is 46.1 Å². The Kier molecular flexibility index (Phi) is 6.38. The van der Waals surface area contributed by atoms with E-state index in [2.05, 4.69) is 28.8 Å². The molecule has 1 atom stereocenters. The lowest BCUT2D eigenvalue weighted by Crippen LogP contribution is -2.53. The minimum atomic E-state index is -1.59. The van der Waals surface area contributed by atoms with Crippen molar-refractivity contribution in [3.05, 3.63) is 117 Å². The zero-order chi connectivity index (χ0) is 24.4. The number of pyridine rings is 1. The zero-order valence-electron chi connectivity index (χ0n) is 18.6. The molecule has 0 bridgehead atoms. The van der Waals surface area contributed by atoms with Crippen LogP contribution in [0.1, 0.15) is 11.1 Å². The van der Waals surface area contributed by atoms with E-state index in [1.807, 2.05) is 53.1 Å². The van der Waals surface area contributed by atoms with Gasteiger partial charge in [-0.3, -0.25) is 10.1 Å². The van der Waals surface area contributed by atoms with Crippen LogP contribution >= 0.6 is 23.4 Å². The van der Waals surface area contributed by atoms with Gasteiger partial charge in [-0.15, -0.1) is 0 Å². The Morgan fingerprint density at radius 3 is 2.57 bits per heavy atom. The third kappa shape index (κ3) is 4.71. The predicted molar refractivity (Wildman–Crippen MR) is 140 cm³/mol. The molecule has 6 nitrogen and oxygen atoms in total. The maximum Gasteiger partial charge on any atom is 0.356 e. The first-order valence-electron chi connectivity index (χ1n) is 11.0. The Balaban J connectivity index is 1.47. The smallest absolute Gasteiger partial charge is 0.356 e. The second kappa shape index (κ2) is 9.62. The Labute approximate surface area is 211 Å². The number of thioether (sulfide) groups is 1. The summed E-state index contributed by atoms with van der Waals surface area (Å²) in [4.78, 5) is 23.5. The number of carbonyl (C=O) groups is 1. The summed E-state index contributed by atoms with van der Waals surface area (Å²) in [7, 11) is 0. The van der Waals surface area contributed by atoms with E-state index in [0.29, 0.717) is 16.6 Å². The molecule has 4 aromatic rings. The maximum atomic E-state index is 12.7. The predicted octanol–water partition coefficient (Wildman–Crippen LogP) is 5.26. The number of nitrogens with zero attached hydrogens (tertiary/aromatic N) is 1. The Morgan fingerprint density at radius 2 is 1.80 bits per heavy atom. The number of carboxylic acid groups (broad SMARTS) is 1. The van der Waals surface area contributed by atoms with Crippen molar-refractivity contribution in [3.8, 4) is 11.1 Å². The number of carboxylic acids is 1. The van der Waals surface area contributed by atoms with E-state index in [9.17, 15) is 14.7 Å². The summed E-state index contributed by atoms with van der Waals surface area (Å²) in [5.74, 6) is -1.11. The Morgan fingerprint density at radius 1 is 1.03 bits per heavy atom. The molecule has 0 spiro atoms. The fraction of sp³-hybridized carbons (Fsp3) is 0.111. The van der Waals surface area contributed by atoms with Gasteiger partial charge in [0.2, 0.25) is 10.4 Å². The van der Waals surface area contributed by atoms with E-state index in [-0.39, 0.29) is 17.7 Å². The van der Waals surface area contributed by atoms with Crippen LogP contribution in [-0.2, 0) is 17.9 Å². The SMILES string of the molecule is O=C(O)C1(NCc2cccc(Cl)c2)Nc2c(n(Cc3ccccc3-c3ccccc3)ccc2=O)S1. The van der Waals surface area contributed by atoms with Crippen LogP contribution in [0.2, 0.25) is 5.02 Å². The van der Waals surface area contributed by atoms with Gasteiger partial charge < -0.3 is 15.0 Å². The molecule has 1 aliphatic heterocycles. The molecule has 2 heterocycles. The van der Waals surface area contributed by atoms with Crippen molar-refractivity contribution in [3.63, 3.8) is 0 Å². The lowest BCUT2D eigenvalue weighted by Gasteiger charge is -2.25. The van der Waals surface area contributed by atoms with E-state index in [1.165, 1.54) is 6.07 Å². The molecule has 0 radical (unpaired) electrons. The van der Waals surface area contributed by atoms with Crippen molar-refractivity contribution >= 4 is 35.0 Å². The molecule has 0 saturated heterocycles. The van der Waals surface area contributed by atoms with Gasteiger partial charge in [0.15, 0.2) is 0 Å². The van der Waals surface area contributed by atoms with Crippen molar-refractivity contribution in [1.29, 1.82) is 0 Å². The second-order valence-corrected chi connectivity index (χ2v) is 9.85. The highest BCUT2D eigenvalue weighted by atomic mass is 35.5. The van der Waals surface area contributed by atoms with Gasteiger partial charge in [-0.1, -0.05) is 78.3 Å². The van der Waals surface area contributed by atoms with Crippen molar-refractivity contribution in [1.82, 2.24) is 9.88 Å². The average Bonchev–Trinajstić information content (AvgIpc) is 3.28. The molecular weight excluding hydrogens is 482 g/mol. The highest BCUT2D eigenvalue weighted by Crippen LogP contribution is 2.43. The molecule has 1 aromatic heterocycles. The van der Waals surface area contributed by atoms with Crippen LogP contribution < -0.4 is 16.1 Å². The number of halogens is 1. The first-order valence-corrected chi connectivity index (χ1v) is 12.2. The summed E-state index contributed by atoms with van der Waals surface area (Å²) in [5, 5.41) is 17.3. The standard InChI is InChI=1S/C27H22ClN3O3S/c28-21-11-6-7-18(15-21)16-29-27(26(33)34)30-24-23(32)13-14-31(25(24)35-27)17-20-10-4-5-12-22(20)19-8-2-1-3-9-19/h1-15,29-30H,16-17H2,(H,33,34). The summed E-state index contributed by atoms with van der Waals surface area (Å²) in [5.41, 5.74) is 4.09. The van der Waals surface area contributed by atoms with Crippen LogP contribution in [0.3, 0.4) is 0 Å². The number of rotatable bonds is 7. The molecule has 0 amide bonds. The highest BCUT2D eigenvalue weighted by molar-refractivity contribution is 8.01. The van der Waals surface area contributed by atoms with Gasteiger partial charge >= 0.3 is 5.97 Å². The minimum Gasteiger partial charge on any atom is -0.478 e.